The highest BCUT2D eigenvalue weighted by Crippen LogP contribution is 1.81. The van der Waals surface area contributed by atoms with E-state index < -0.39 is 12.1 Å². The predicted octanol–water partition coefficient (Wildman–Crippen LogP) is -1.03. The summed E-state index contributed by atoms with van der Waals surface area (Å²) in [5, 5.41) is 23.5. The molecule has 0 amide bonds. The van der Waals surface area contributed by atoms with Gasteiger partial charge in [0.25, 0.3) is 0 Å². The zero-order valence-corrected chi connectivity index (χ0v) is 3.40. The number of hydrogen-bond acceptors (Lipinski definition) is 3. The molecule has 0 unspecified atom stereocenters. The number of carbonyl (C=O) groups is 1. The van der Waals surface area contributed by atoms with Crippen LogP contribution in [-0.4, -0.2) is 27.4 Å². The lowest BCUT2D eigenvalue weighted by atomic mass is 10.4. The molecule has 1 atom stereocenters. The fourth-order valence-corrected chi connectivity index (χ4v) is 0.0638. The van der Waals surface area contributed by atoms with Crippen LogP contribution in [-0.2, 0) is 4.79 Å². The molecule has 4 nitrogen and oxygen atoms in total. The van der Waals surface area contributed by atoms with Crippen LogP contribution >= 0.6 is 0 Å². The van der Waals surface area contributed by atoms with Gasteiger partial charge in [-0.1, -0.05) is 0 Å². The first-order valence-corrected chi connectivity index (χ1v) is 1.57. The highest BCUT2D eigenvalue weighted by molar-refractivity contribution is 5.72. The molecule has 0 aliphatic carbocycles. The Hall–Kier alpha value is -0.610. The van der Waals surface area contributed by atoms with Gasteiger partial charge in [-0.3, -0.25) is 0 Å². The van der Waals surface area contributed by atoms with Crippen LogP contribution in [0.25, 0.3) is 0 Å². The first-order chi connectivity index (χ1) is 3.18. The summed E-state index contributed by atoms with van der Waals surface area (Å²) < 4.78 is 0. The molecule has 0 aliphatic rings. The van der Waals surface area contributed by atoms with Crippen LogP contribution in [0.1, 0.15) is 0 Å². The summed E-state index contributed by atoms with van der Waals surface area (Å²) in [6.07, 6.45) is -1.75. The van der Waals surface area contributed by atoms with E-state index in [1.165, 1.54) is 0 Å². The van der Waals surface area contributed by atoms with Gasteiger partial charge in [-0.15, -0.1) is 0 Å². The number of carboxylic acid groups (broad SMARTS) is 1. The van der Waals surface area contributed by atoms with Crippen LogP contribution in [0.5, 0.6) is 0 Å². The highest BCUT2D eigenvalue weighted by atomic mass is 16.4. The van der Waals surface area contributed by atoms with Gasteiger partial charge in [-0.25, -0.2) is 4.79 Å². The summed E-state index contributed by atoms with van der Waals surface area (Å²) in [6, 6.07) is 0. The Morgan fingerprint density at radius 3 is 2.14 bits per heavy atom. The number of hydrogen-bond donors (Lipinski definition) is 3. The molecule has 41 valence electrons. The molecule has 0 spiro atoms. The Bertz CT molecular complexity index is 69.3. The standard InChI is InChI=1S/C3H5O4/c4-1-2(5)3(6)7/h1-2,4-5H,(H,6,7)/t2-/m1/s1. The molecule has 0 saturated heterocycles. The summed E-state index contributed by atoms with van der Waals surface area (Å²) in [7, 11) is 0. The fourth-order valence-electron chi connectivity index (χ4n) is 0.0638. The molecular weight excluding hydrogens is 100 g/mol. The highest BCUT2D eigenvalue weighted by Gasteiger charge is 2.09. The zero-order valence-electron chi connectivity index (χ0n) is 3.40. The van der Waals surface area contributed by atoms with E-state index in [0.717, 1.165) is 0 Å². The van der Waals surface area contributed by atoms with Gasteiger partial charge in [-0.2, -0.15) is 0 Å². The number of rotatable bonds is 2. The molecule has 7 heavy (non-hydrogen) atoms. The van der Waals surface area contributed by atoms with Crippen LogP contribution in [0, 0.1) is 6.61 Å². The molecule has 0 rings (SSSR count). The fraction of sp³-hybridized carbons (Fsp3) is 0.333. The third kappa shape index (κ3) is 2.13. The van der Waals surface area contributed by atoms with Crippen molar-refractivity contribution in [3.8, 4) is 0 Å². The Balaban J connectivity index is 3.34. The molecule has 0 saturated carbocycles. The SMILES string of the molecule is O=C(O)[C@H](O)[CH]O. The monoisotopic (exact) mass is 105 g/mol. The van der Waals surface area contributed by atoms with Gasteiger partial charge in [-0.05, 0) is 0 Å². The first-order valence-electron chi connectivity index (χ1n) is 1.57. The summed E-state index contributed by atoms with van der Waals surface area (Å²) in [5.74, 6) is -1.46. The van der Waals surface area contributed by atoms with Crippen LogP contribution in [0.2, 0.25) is 0 Å². The van der Waals surface area contributed by atoms with Gasteiger partial charge < -0.3 is 15.3 Å². The second-order valence-electron chi connectivity index (χ2n) is 0.932. The molecule has 3 N–H and O–H groups in total. The van der Waals surface area contributed by atoms with E-state index in [1.54, 1.807) is 0 Å². The van der Waals surface area contributed by atoms with Gasteiger partial charge in [0.1, 0.15) is 6.61 Å². The summed E-state index contributed by atoms with van der Waals surface area (Å²) in [5.41, 5.74) is 0. The Morgan fingerprint density at radius 2 is 2.14 bits per heavy atom. The quantitative estimate of drug-likeness (QED) is 0.419. The van der Waals surface area contributed by atoms with Crippen molar-refractivity contribution >= 4 is 5.97 Å². The summed E-state index contributed by atoms with van der Waals surface area (Å²) in [4.78, 5) is 9.49. The maximum atomic E-state index is 9.49. The number of carboxylic acids is 1. The van der Waals surface area contributed by atoms with E-state index in [9.17, 15) is 4.79 Å². The number of aliphatic hydroxyl groups excluding tert-OH is 2. The average molecular weight is 105 g/mol. The lowest BCUT2D eigenvalue weighted by Gasteiger charge is -1.94. The van der Waals surface area contributed by atoms with Crippen molar-refractivity contribution in [1.29, 1.82) is 0 Å². The Morgan fingerprint density at radius 1 is 1.71 bits per heavy atom. The third-order valence-electron chi connectivity index (χ3n) is 0.394. The predicted molar refractivity (Wildman–Crippen MR) is 19.9 cm³/mol. The van der Waals surface area contributed by atoms with E-state index in [0.29, 0.717) is 0 Å². The average Bonchev–Trinajstić information content (AvgIpc) is 1.65. The Kier molecular flexibility index (Phi) is 2.32. The normalized spacial score (nSPS) is 13.4. The smallest absolute Gasteiger partial charge is 0.335 e. The van der Waals surface area contributed by atoms with Crippen molar-refractivity contribution in [2.24, 2.45) is 0 Å². The minimum atomic E-state index is -1.75. The minimum Gasteiger partial charge on any atom is -0.479 e. The van der Waals surface area contributed by atoms with Crippen molar-refractivity contribution in [2.45, 2.75) is 6.10 Å². The van der Waals surface area contributed by atoms with E-state index >= 15 is 0 Å². The Labute approximate surface area is 40.0 Å². The molecule has 1 radical (unpaired) electrons. The van der Waals surface area contributed by atoms with Gasteiger partial charge >= 0.3 is 5.97 Å². The van der Waals surface area contributed by atoms with Crippen LogP contribution in [0.3, 0.4) is 0 Å². The summed E-state index contributed by atoms with van der Waals surface area (Å²) in [6.45, 7) is 0.197. The van der Waals surface area contributed by atoms with E-state index in [4.69, 9.17) is 15.3 Å². The van der Waals surface area contributed by atoms with Crippen molar-refractivity contribution in [3.05, 3.63) is 6.61 Å². The maximum absolute atomic E-state index is 9.49. The van der Waals surface area contributed by atoms with Crippen molar-refractivity contribution in [2.75, 3.05) is 0 Å². The first kappa shape index (κ1) is 6.39. The van der Waals surface area contributed by atoms with Gasteiger partial charge in [0, 0.05) is 0 Å². The maximum Gasteiger partial charge on any atom is 0.335 e. The molecule has 0 aromatic rings. The lowest BCUT2D eigenvalue weighted by Crippen LogP contribution is -2.19. The van der Waals surface area contributed by atoms with Gasteiger partial charge in [0.05, 0.1) is 0 Å². The molecule has 0 aliphatic heterocycles. The van der Waals surface area contributed by atoms with E-state index in [2.05, 4.69) is 0 Å². The second-order valence-corrected chi connectivity index (χ2v) is 0.932. The molecule has 0 bridgehead atoms. The summed E-state index contributed by atoms with van der Waals surface area (Å²) >= 11 is 0. The lowest BCUT2D eigenvalue weighted by molar-refractivity contribution is -0.146. The molecule has 0 aromatic heterocycles. The topological polar surface area (TPSA) is 77.8 Å². The number of aliphatic hydroxyl groups is 2. The largest absolute Gasteiger partial charge is 0.479 e. The van der Waals surface area contributed by atoms with Crippen LogP contribution in [0.15, 0.2) is 0 Å². The molecule has 0 fully saturated rings. The number of aliphatic carboxylic acids is 1. The second kappa shape index (κ2) is 2.54. The van der Waals surface area contributed by atoms with Gasteiger partial charge in [0.15, 0.2) is 6.10 Å². The minimum absolute atomic E-state index is 0.197. The van der Waals surface area contributed by atoms with E-state index in [1.807, 2.05) is 0 Å². The molecule has 4 heteroatoms. The molecule has 0 heterocycles. The van der Waals surface area contributed by atoms with Crippen LogP contribution < -0.4 is 0 Å². The zero-order chi connectivity index (χ0) is 5.86. The molecule has 0 aromatic carbocycles. The third-order valence-corrected chi connectivity index (χ3v) is 0.394. The van der Waals surface area contributed by atoms with Crippen molar-refractivity contribution in [1.82, 2.24) is 0 Å². The van der Waals surface area contributed by atoms with Crippen molar-refractivity contribution in [3.63, 3.8) is 0 Å². The van der Waals surface area contributed by atoms with Crippen molar-refractivity contribution < 1.29 is 20.1 Å². The van der Waals surface area contributed by atoms with E-state index in [-0.39, 0.29) is 6.61 Å². The van der Waals surface area contributed by atoms with Crippen LogP contribution in [0.4, 0.5) is 0 Å². The molecular formula is C3H5O4. The van der Waals surface area contributed by atoms with Gasteiger partial charge in [0.2, 0.25) is 0 Å².